The highest BCUT2D eigenvalue weighted by Gasteiger charge is 2.32. The van der Waals surface area contributed by atoms with E-state index in [0.29, 0.717) is 12.3 Å². The van der Waals surface area contributed by atoms with Crippen LogP contribution in [0.25, 0.3) is 0 Å². The van der Waals surface area contributed by atoms with Crippen LogP contribution in [0.3, 0.4) is 0 Å². The number of hydrogen-bond donors (Lipinski definition) is 1. The minimum absolute atomic E-state index is 0.0516. The first-order valence-electron chi connectivity index (χ1n) is 7.75. The van der Waals surface area contributed by atoms with Gasteiger partial charge in [-0.1, -0.05) is 6.07 Å². The molecule has 1 fully saturated rings. The van der Waals surface area contributed by atoms with Gasteiger partial charge < -0.3 is 20.1 Å². The number of amides is 1. The van der Waals surface area contributed by atoms with E-state index < -0.39 is 5.60 Å². The van der Waals surface area contributed by atoms with Gasteiger partial charge in [-0.15, -0.1) is 0 Å². The molecule has 5 nitrogen and oxygen atoms in total. The topological polar surface area (TPSA) is 64.8 Å². The second-order valence-corrected chi connectivity index (χ2v) is 6.75. The zero-order valence-corrected chi connectivity index (χ0v) is 13.9. The van der Waals surface area contributed by atoms with Gasteiger partial charge in [0.15, 0.2) is 0 Å². The van der Waals surface area contributed by atoms with Crippen LogP contribution >= 0.6 is 0 Å². The molecule has 1 aliphatic rings. The average molecular weight is 306 g/mol. The number of carbonyl (C=O) groups excluding carboxylic acids is 1. The molecule has 1 amide bonds. The van der Waals surface area contributed by atoms with Crippen LogP contribution < -0.4 is 10.5 Å². The lowest BCUT2D eigenvalue weighted by Crippen LogP contribution is -2.42. The molecule has 2 rings (SSSR count). The fraction of sp³-hybridized carbons (Fsp3) is 0.588. The standard InChI is InChI=1S/C17H26N2O3/c1-12-14(18)8-5-9-15(12)21-11-13-7-6-10-19(13)16(20)22-17(2,3)4/h5,8-9,13H,6-7,10-11,18H2,1-4H3/t13-/m0/s1. The van der Waals surface area contributed by atoms with E-state index in [1.165, 1.54) is 0 Å². The molecule has 0 spiro atoms. The van der Waals surface area contributed by atoms with Crippen molar-refractivity contribution >= 4 is 11.8 Å². The van der Waals surface area contributed by atoms with Crippen molar-refractivity contribution in [3.8, 4) is 5.75 Å². The normalized spacial score (nSPS) is 18.4. The van der Waals surface area contributed by atoms with E-state index in [1.807, 2.05) is 45.9 Å². The van der Waals surface area contributed by atoms with E-state index >= 15 is 0 Å². The van der Waals surface area contributed by atoms with Crippen LogP contribution in [0.4, 0.5) is 10.5 Å². The zero-order valence-electron chi connectivity index (χ0n) is 13.9. The summed E-state index contributed by atoms with van der Waals surface area (Å²) in [6, 6.07) is 5.68. The average Bonchev–Trinajstić information content (AvgIpc) is 2.87. The van der Waals surface area contributed by atoms with E-state index in [0.717, 1.165) is 30.7 Å². The first kappa shape index (κ1) is 16.5. The predicted octanol–water partition coefficient (Wildman–Crippen LogP) is 3.36. The number of benzene rings is 1. The van der Waals surface area contributed by atoms with Gasteiger partial charge >= 0.3 is 6.09 Å². The van der Waals surface area contributed by atoms with Crippen LogP contribution in [0, 0.1) is 6.92 Å². The molecule has 1 aromatic carbocycles. The number of nitrogens with zero attached hydrogens (tertiary/aromatic N) is 1. The second-order valence-electron chi connectivity index (χ2n) is 6.75. The Morgan fingerprint density at radius 3 is 2.82 bits per heavy atom. The number of likely N-dealkylation sites (tertiary alicyclic amines) is 1. The van der Waals surface area contributed by atoms with E-state index in [9.17, 15) is 4.79 Å². The lowest BCUT2D eigenvalue weighted by molar-refractivity contribution is 0.0187. The van der Waals surface area contributed by atoms with Crippen LogP contribution in [-0.4, -0.2) is 35.8 Å². The lowest BCUT2D eigenvalue weighted by Gasteiger charge is -2.28. The highest BCUT2D eigenvalue weighted by atomic mass is 16.6. The van der Waals surface area contributed by atoms with Crippen molar-refractivity contribution in [1.82, 2.24) is 4.90 Å². The smallest absolute Gasteiger partial charge is 0.410 e. The Kier molecular flexibility index (Phi) is 4.84. The van der Waals surface area contributed by atoms with Crippen molar-refractivity contribution in [3.63, 3.8) is 0 Å². The summed E-state index contributed by atoms with van der Waals surface area (Å²) in [6.07, 6.45) is 1.65. The Balaban J connectivity index is 1.97. The van der Waals surface area contributed by atoms with Gasteiger partial charge in [-0.05, 0) is 52.7 Å². The number of nitrogen functional groups attached to an aromatic ring is 1. The molecule has 5 heteroatoms. The molecule has 1 heterocycles. The Morgan fingerprint density at radius 1 is 1.41 bits per heavy atom. The molecular weight excluding hydrogens is 280 g/mol. The van der Waals surface area contributed by atoms with Crippen LogP contribution in [0.1, 0.15) is 39.2 Å². The van der Waals surface area contributed by atoms with Gasteiger partial charge in [0.2, 0.25) is 0 Å². The molecule has 0 aliphatic carbocycles. The molecule has 1 saturated heterocycles. The number of hydrogen-bond acceptors (Lipinski definition) is 4. The van der Waals surface area contributed by atoms with Crippen molar-refractivity contribution in [2.45, 2.75) is 52.2 Å². The third-order valence-electron chi connectivity index (χ3n) is 3.76. The van der Waals surface area contributed by atoms with Crippen molar-refractivity contribution < 1.29 is 14.3 Å². The van der Waals surface area contributed by atoms with Gasteiger partial charge in [0, 0.05) is 17.8 Å². The quantitative estimate of drug-likeness (QED) is 0.870. The number of anilines is 1. The number of rotatable bonds is 3. The monoisotopic (exact) mass is 306 g/mol. The van der Waals surface area contributed by atoms with Crippen LogP contribution in [-0.2, 0) is 4.74 Å². The highest BCUT2D eigenvalue weighted by molar-refractivity contribution is 5.69. The van der Waals surface area contributed by atoms with Crippen LogP contribution in [0.5, 0.6) is 5.75 Å². The van der Waals surface area contributed by atoms with E-state index in [2.05, 4.69) is 0 Å². The molecule has 2 N–H and O–H groups in total. The molecule has 0 unspecified atom stereocenters. The predicted molar refractivity (Wildman–Crippen MR) is 87.0 cm³/mol. The van der Waals surface area contributed by atoms with Crippen LogP contribution in [0.15, 0.2) is 18.2 Å². The Labute approximate surface area is 132 Å². The van der Waals surface area contributed by atoms with E-state index in [1.54, 1.807) is 4.90 Å². The van der Waals surface area contributed by atoms with Crippen molar-refractivity contribution in [2.75, 3.05) is 18.9 Å². The van der Waals surface area contributed by atoms with Crippen LogP contribution in [0.2, 0.25) is 0 Å². The summed E-state index contributed by atoms with van der Waals surface area (Å²) < 4.78 is 11.3. The highest BCUT2D eigenvalue weighted by Crippen LogP contribution is 2.25. The SMILES string of the molecule is Cc1c(N)cccc1OC[C@@H]1CCCN1C(=O)OC(C)(C)C. The van der Waals surface area contributed by atoms with Gasteiger partial charge in [-0.25, -0.2) is 4.79 Å². The largest absolute Gasteiger partial charge is 0.491 e. The maximum absolute atomic E-state index is 12.2. The van der Waals surface area contributed by atoms with Crippen molar-refractivity contribution in [2.24, 2.45) is 0 Å². The fourth-order valence-corrected chi connectivity index (χ4v) is 2.54. The number of nitrogens with two attached hydrogens (primary N) is 1. The summed E-state index contributed by atoms with van der Waals surface area (Å²) in [5.41, 5.74) is 7.06. The van der Waals surface area contributed by atoms with Gasteiger partial charge in [0.25, 0.3) is 0 Å². The first-order valence-corrected chi connectivity index (χ1v) is 7.75. The summed E-state index contributed by atoms with van der Waals surface area (Å²) in [7, 11) is 0. The van der Waals surface area contributed by atoms with Gasteiger partial charge in [-0.2, -0.15) is 0 Å². The molecule has 0 saturated carbocycles. The number of ether oxygens (including phenoxy) is 2. The first-order chi connectivity index (χ1) is 10.3. The van der Waals surface area contributed by atoms with Crippen molar-refractivity contribution in [1.29, 1.82) is 0 Å². The molecule has 1 aliphatic heterocycles. The van der Waals surface area contributed by atoms with E-state index in [4.69, 9.17) is 15.2 Å². The Bertz CT molecular complexity index is 537. The molecule has 1 aromatic rings. The molecule has 0 bridgehead atoms. The van der Waals surface area contributed by atoms with Gasteiger partial charge in [-0.3, -0.25) is 0 Å². The third-order valence-corrected chi connectivity index (χ3v) is 3.76. The second kappa shape index (κ2) is 6.46. The molecule has 0 radical (unpaired) electrons. The third kappa shape index (κ3) is 4.06. The minimum atomic E-state index is -0.477. The molecule has 1 atom stereocenters. The summed E-state index contributed by atoms with van der Waals surface area (Å²) >= 11 is 0. The summed E-state index contributed by atoms with van der Waals surface area (Å²) in [5.74, 6) is 0.774. The molecule has 22 heavy (non-hydrogen) atoms. The maximum Gasteiger partial charge on any atom is 0.410 e. The summed E-state index contributed by atoms with van der Waals surface area (Å²) in [4.78, 5) is 14.0. The summed E-state index contributed by atoms with van der Waals surface area (Å²) in [5, 5.41) is 0. The van der Waals surface area contributed by atoms with E-state index in [-0.39, 0.29) is 12.1 Å². The minimum Gasteiger partial charge on any atom is -0.491 e. The summed E-state index contributed by atoms with van der Waals surface area (Å²) in [6.45, 7) is 8.75. The molecule has 122 valence electrons. The fourth-order valence-electron chi connectivity index (χ4n) is 2.54. The zero-order chi connectivity index (χ0) is 16.3. The Morgan fingerprint density at radius 2 is 2.14 bits per heavy atom. The molecule has 0 aromatic heterocycles. The Hall–Kier alpha value is -1.91. The number of carbonyl (C=O) groups is 1. The van der Waals surface area contributed by atoms with Gasteiger partial charge in [0.05, 0.1) is 6.04 Å². The van der Waals surface area contributed by atoms with Crippen molar-refractivity contribution in [3.05, 3.63) is 23.8 Å². The van der Waals surface area contributed by atoms with Gasteiger partial charge in [0.1, 0.15) is 18.0 Å². The molecular formula is C17H26N2O3. The maximum atomic E-state index is 12.2. The lowest BCUT2D eigenvalue weighted by atomic mass is 10.2.